The largest absolute Gasteiger partial charge is 0.307 e. The lowest BCUT2D eigenvalue weighted by Gasteiger charge is -2.01. The molecule has 1 aromatic carbocycles. The summed E-state index contributed by atoms with van der Waals surface area (Å²) < 4.78 is 1.11. The van der Waals surface area contributed by atoms with Crippen molar-refractivity contribution in [3.8, 4) is 0 Å². The number of carbonyl (C=O) groups is 1. The molecule has 0 spiro atoms. The van der Waals surface area contributed by atoms with E-state index in [0.29, 0.717) is 5.82 Å². The van der Waals surface area contributed by atoms with Crippen molar-refractivity contribution < 1.29 is 4.79 Å². The van der Waals surface area contributed by atoms with Gasteiger partial charge in [0.25, 0.3) is 0 Å². The topological polar surface area (TPSA) is 54.9 Å². The van der Waals surface area contributed by atoms with Crippen molar-refractivity contribution in [3.63, 3.8) is 0 Å². The fourth-order valence-corrected chi connectivity index (χ4v) is 2.75. The van der Waals surface area contributed by atoms with Crippen molar-refractivity contribution in [2.45, 2.75) is 6.92 Å². The molecule has 0 aliphatic heterocycles. The smallest absolute Gasteiger partial charge is 0.249 e. The van der Waals surface area contributed by atoms with Crippen LogP contribution >= 0.6 is 11.3 Å². The fourth-order valence-electron chi connectivity index (χ4n) is 1.88. The Kier molecular flexibility index (Phi) is 3.75. The molecule has 104 valence electrons. The molecule has 4 nitrogen and oxygen atoms in total. The molecule has 1 amide bonds. The third-order valence-corrected chi connectivity index (χ3v) is 3.86. The number of nitrogens with zero attached hydrogens (tertiary/aromatic N) is 2. The summed E-state index contributed by atoms with van der Waals surface area (Å²) in [7, 11) is 0. The van der Waals surface area contributed by atoms with Crippen LogP contribution in [0, 0.1) is 6.92 Å². The molecule has 21 heavy (non-hydrogen) atoms. The first-order valence-corrected chi connectivity index (χ1v) is 7.30. The van der Waals surface area contributed by atoms with Crippen LogP contribution in [0.15, 0.2) is 48.7 Å². The van der Waals surface area contributed by atoms with E-state index in [-0.39, 0.29) is 5.91 Å². The Hall–Kier alpha value is -2.53. The van der Waals surface area contributed by atoms with Crippen LogP contribution in [0.4, 0.5) is 5.82 Å². The number of benzene rings is 1. The van der Waals surface area contributed by atoms with Crippen molar-refractivity contribution in [2.24, 2.45) is 0 Å². The molecule has 3 aromatic rings. The molecule has 0 fully saturated rings. The maximum absolute atomic E-state index is 11.9. The standard InChI is InChI=1S/C16H13N3OS/c1-11-8-9-17-14(10-11)19-15(20)6-7-16-18-12-4-2-3-5-13(12)21-16/h2-10H,1H3,(H,17,19,20)/b7-6+. The minimum Gasteiger partial charge on any atom is -0.307 e. The van der Waals surface area contributed by atoms with Gasteiger partial charge in [-0.25, -0.2) is 9.97 Å². The summed E-state index contributed by atoms with van der Waals surface area (Å²) in [6.45, 7) is 1.95. The van der Waals surface area contributed by atoms with Crippen molar-refractivity contribution in [3.05, 3.63) is 59.2 Å². The molecule has 0 aliphatic rings. The van der Waals surface area contributed by atoms with Gasteiger partial charge < -0.3 is 5.32 Å². The van der Waals surface area contributed by atoms with E-state index in [1.54, 1.807) is 23.6 Å². The molecule has 2 aromatic heterocycles. The number of thiazole rings is 1. The summed E-state index contributed by atoms with van der Waals surface area (Å²) in [4.78, 5) is 20.4. The zero-order valence-electron chi connectivity index (χ0n) is 11.4. The van der Waals surface area contributed by atoms with E-state index in [0.717, 1.165) is 20.8 Å². The van der Waals surface area contributed by atoms with Crippen LogP contribution in [0.2, 0.25) is 0 Å². The molecular formula is C16H13N3OS. The van der Waals surface area contributed by atoms with Crippen molar-refractivity contribution >= 4 is 39.4 Å². The monoisotopic (exact) mass is 295 g/mol. The predicted octanol–water partition coefficient (Wildman–Crippen LogP) is 3.65. The van der Waals surface area contributed by atoms with Gasteiger partial charge >= 0.3 is 0 Å². The van der Waals surface area contributed by atoms with E-state index in [9.17, 15) is 4.79 Å². The van der Waals surface area contributed by atoms with Crippen LogP contribution < -0.4 is 5.32 Å². The zero-order chi connectivity index (χ0) is 14.7. The molecule has 3 rings (SSSR count). The molecular weight excluding hydrogens is 282 g/mol. The highest BCUT2D eigenvalue weighted by molar-refractivity contribution is 7.19. The number of amides is 1. The maximum Gasteiger partial charge on any atom is 0.249 e. The van der Waals surface area contributed by atoms with Gasteiger partial charge in [0.15, 0.2) is 0 Å². The number of rotatable bonds is 3. The molecule has 0 radical (unpaired) electrons. The lowest BCUT2D eigenvalue weighted by atomic mass is 10.3. The van der Waals surface area contributed by atoms with E-state index >= 15 is 0 Å². The summed E-state index contributed by atoms with van der Waals surface area (Å²) in [6, 6.07) is 11.6. The lowest BCUT2D eigenvalue weighted by Crippen LogP contribution is -2.09. The van der Waals surface area contributed by atoms with Gasteiger partial charge in [-0.05, 0) is 42.8 Å². The van der Waals surface area contributed by atoms with Gasteiger partial charge in [0.1, 0.15) is 10.8 Å². The Morgan fingerprint density at radius 1 is 1.29 bits per heavy atom. The highest BCUT2D eigenvalue weighted by Crippen LogP contribution is 2.22. The molecule has 2 heterocycles. The first-order valence-electron chi connectivity index (χ1n) is 6.48. The summed E-state index contributed by atoms with van der Waals surface area (Å²) in [5.74, 6) is 0.335. The van der Waals surface area contributed by atoms with E-state index in [4.69, 9.17) is 0 Å². The van der Waals surface area contributed by atoms with E-state index in [1.165, 1.54) is 6.08 Å². The second-order valence-electron chi connectivity index (χ2n) is 4.56. The number of anilines is 1. The SMILES string of the molecule is Cc1ccnc(NC(=O)/C=C/c2nc3ccccc3s2)c1. The minimum atomic E-state index is -0.215. The van der Waals surface area contributed by atoms with Gasteiger partial charge in [-0.2, -0.15) is 0 Å². The van der Waals surface area contributed by atoms with Crippen molar-refractivity contribution in [1.82, 2.24) is 9.97 Å². The van der Waals surface area contributed by atoms with Crippen LogP contribution in [-0.4, -0.2) is 15.9 Å². The third-order valence-electron chi connectivity index (χ3n) is 2.85. The van der Waals surface area contributed by atoms with Gasteiger partial charge in [0.05, 0.1) is 10.2 Å². The molecule has 5 heteroatoms. The van der Waals surface area contributed by atoms with E-state index in [1.807, 2.05) is 43.3 Å². The highest BCUT2D eigenvalue weighted by Gasteiger charge is 2.02. The predicted molar refractivity (Wildman–Crippen MR) is 86.3 cm³/mol. The Morgan fingerprint density at radius 3 is 2.95 bits per heavy atom. The number of aromatic nitrogens is 2. The normalized spacial score (nSPS) is 11.1. The third kappa shape index (κ3) is 3.32. The van der Waals surface area contributed by atoms with Crippen LogP contribution in [-0.2, 0) is 4.79 Å². The summed E-state index contributed by atoms with van der Waals surface area (Å²) in [5, 5.41) is 3.54. The number of hydrogen-bond donors (Lipinski definition) is 1. The van der Waals surface area contributed by atoms with Gasteiger partial charge in [0, 0.05) is 12.3 Å². The molecule has 0 bridgehead atoms. The second-order valence-corrected chi connectivity index (χ2v) is 5.62. The zero-order valence-corrected chi connectivity index (χ0v) is 12.2. The minimum absolute atomic E-state index is 0.215. The molecule has 1 N–H and O–H groups in total. The van der Waals surface area contributed by atoms with E-state index in [2.05, 4.69) is 15.3 Å². The van der Waals surface area contributed by atoms with Crippen LogP contribution in [0.3, 0.4) is 0 Å². The number of hydrogen-bond acceptors (Lipinski definition) is 4. The quantitative estimate of drug-likeness (QED) is 0.750. The maximum atomic E-state index is 11.9. The first-order chi connectivity index (χ1) is 10.2. The molecule has 0 unspecified atom stereocenters. The number of aryl methyl sites for hydroxylation is 1. The summed E-state index contributed by atoms with van der Waals surface area (Å²) in [5.41, 5.74) is 2.00. The van der Waals surface area contributed by atoms with Crippen LogP contribution in [0.1, 0.15) is 10.6 Å². The average Bonchev–Trinajstić information content (AvgIpc) is 2.88. The molecule has 0 aliphatic carbocycles. The summed E-state index contributed by atoms with van der Waals surface area (Å²) >= 11 is 1.55. The Morgan fingerprint density at radius 2 is 2.14 bits per heavy atom. The van der Waals surface area contributed by atoms with Gasteiger partial charge in [0.2, 0.25) is 5.91 Å². The summed E-state index contributed by atoms with van der Waals surface area (Å²) in [6.07, 6.45) is 4.86. The second kappa shape index (κ2) is 5.85. The Bertz CT molecular complexity index is 790. The Balaban J connectivity index is 1.71. The van der Waals surface area contributed by atoms with Gasteiger partial charge in [-0.15, -0.1) is 11.3 Å². The van der Waals surface area contributed by atoms with Crippen molar-refractivity contribution in [2.75, 3.05) is 5.32 Å². The van der Waals surface area contributed by atoms with Gasteiger partial charge in [-0.1, -0.05) is 12.1 Å². The Labute approximate surface area is 126 Å². The number of nitrogens with one attached hydrogen (secondary N) is 1. The van der Waals surface area contributed by atoms with Crippen LogP contribution in [0.25, 0.3) is 16.3 Å². The molecule has 0 saturated carbocycles. The highest BCUT2D eigenvalue weighted by atomic mass is 32.1. The van der Waals surface area contributed by atoms with Crippen LogP contribution in [0.5, 0.6) is 0 Å². The first kappa shape index (κ1) is 13.5. The van der Waals surface area contributed by atoms with Gasteiger partial charge in [-0.3, -0.25) is 4.79 Å². The molecule has 0 atom stereocenters. The number of pyridine rings is 1. The lowest BCUT2D eigenvalue weighted by molar-refractivity contribution is -0.111. The molecule has 0 saturated heterocycles. The number of carbonyl (C=O) groups excluding carboxylic acids is 1. The van der Waals surface area contributed by atoms with Crippen molar-refractivity contribution in [1.29, 1.82) is 0 Å². The number of para-hydroxylation sites is 1. The fraction of sp³-hybridized carbons (Fsp3) is 0.0625. The van der Waals surface area contributed by atoms with E-state index < -0.39 is 0 Å². The average molecular weight is 295 g/mol. The number of fused-ring (bicyclic) bond motifs is 1.